The molecule has 0 heterocycles. The van der Waals surface area contributed by atoms with Crippen LogP contribution in [0.1, 0.15) is 23.2 Å². The quantitative estimate of drug-likeness (QED) is 0.929. The van der Waals surface area contributed by atoms with Gasteiger partial charge in [-0.25, -0.2) is 0 Å². The highest BCUT2D eigenvalue weighted by Gasteiger charge is 2.24. The monoisotopic (exact) mass is 305 g/mol. The lowest BCUT2D eigenvalue weighted by atomic mass is 10.2. The van der Waals surface area contributed by atoms with Crippen molar-refractivity contribution in [1.82, 2.24) is 5.32 Å². The molecule has 0 radical (unpaired) electrons. The lowest BCUT2D eigenvalue weighted by Gasteiger charge is -2.09. The highest BCUT2D eigenvalue weighted by atomic mass is 79.9. The Labute approximate surface area is 105 Å². The number of nitrogens with one attached hydrogen (secondary N) is 1. The van der Waals surface area contributed by atoms with E-state index in [0.29, 0.717) is 10.0 Å². The maximum Gasteiger partial charge on any atom is 0.387 e. The third-order valence-corrected chi connectivity index (χ3v) is 2.98. The van der Waals surface area contributed by atoms with Crippen LogP contribution in [0.2, 0.25) is 0 Å². The molecule has 0 unspecified atom stereocenters. The first-order chi connectivity index (χ1) is 8.06. The van der Waals surface area contributed by atoms with Crippen molar-refractivity contribution in [3.63, 3.8) is 0 Å². The standard InChI is InChI=1S/C11H10BrF2NO2/c12-8-4-1-6(5-9(8)17-11(13)14)10(16)15-7-2-3-7/h1,4-5,7,11H,2-3H2,(H,15,16). The normalized spacial score (nSPS) is 14.8. The molecule has 0 aromatic heterocycles. The van der Waals surface area contributed by atoms with Crippen molar-refractivity contribution in [1.29, 1.82) is 0 Å². The van der Waals surface area contributed by atoms with E-state index in [2.05, 4.69) is 26.0 Å². The average molecular weight is 306 g/mol. The molecule has 0 saturated heterocycles. The number of amides is 1. The zero-order chi connectivity index (χ0) is 12.4. The molecule has 6 heteroatoms. The van der Waals surface area contributed by atoms with Crippen LogP contribution in [0.3, 0.4) is 0 Å². The van der Waals surface area contributed by atoms with Crippen LogP contribution < -0.4 is 10.1 Å². The molecule has 92 valence electrons. The van der Waals surface area contributed by atoms with Crippen LogP contribution in [-0.4, -0.2) is 18.6 Å². The Morgan fingerprint density at radius 2 is 2.18 bits per heavy atom. The second-order valence-electron chi connectivity index (χ2n) is 3.77. The number of alkyl halides is 2. The van der Waals surface area contributed by atoms with E-state index in [0.717, 1.165) is 12.8 Å². The summed E-state index contributed by atoms with van der Waals surface area (Å²) in [5, 5.41) is 2.77. The third kappa shape index (κ3) is 3.39. The summed E-state index contributed by atoms with van der Waals surface area (Å²) in [6, 6.07) is 4.60. The van der Waals surface area contributed by atoms with Crippen LogP contribution in [0.5, 0.6) is 5.75 Å². The SMILES string of the molecule is O=C(NC1CC1)c1ccc(Br)c(OC(F)F)c1. The molecule has 3 nitrogen and oxygen atoms in total. The number of carbonyl (C=O) groups excluding carboxylic acids is 1. The summed E-state index contributed by atoms with van der Waals surface area (Å²) in [5.41, 5.74) is 0.316. The van der Waals surface area contributed by atoms with Gasteiger partial charge in [0.15, 0.2) is 0 Å². The first kappa shape index (κ1) is 12.3. The van der Waals surface area contributed by atoms with E-state index < -0.39 is 6.61 Å². The van der Waals surface area contributed by atoms with Gasteiger partial charge in [0, 0.05) is 11.6 Å². The smallest absolute Gasteiger partial charge is 0.387 e. The van der Waals surface area contributed by atoms with Gasteiger partial charge in [0.05, 0.1) is 4.47 Å². The maximum atomic E-state index is 12.1. The summed E-state index contributed by atoms with van der Waals surface area (Å²) >= 11 is 3.08. The molecule has 2 rings (SSSR count). The predicted octanol–water partition coefficient (Wildman–Crippen LogP) is 2.94. The fourth-order valence-corrected chi connectivity index (χ4v) is 1.67. The summed E-state index contributed by atoms with van der Waals surface area (Å²) in [6.45, 7) is -2.91. The van der Waals surface area contributed by atoms with Crippen molar-refractivity contribution < 1.29 is 18.3 Å². The van der Waals surface area contributed by atoms with Gasteiger partial charge in [-0.15, -0.1) is 0 Å². The number of halogens is 3. The second kappa shape index (κ2) is 5.00. The van der Waals surface area contributed by atoms with E-state index in [1.54, 1.807) is 6.07 Å². The van der Waals surface area contributed by atoms with E-state index in [1.807, 2.05) is 0 Å². The predicted molar refractivity (Wildman–Crippen MR) is 61.3 cm³/mol. The molecule has 1 saturated carbocycles. The van der Waals surface area contributed by atoms with Crippen LogP contribution in [0.4, 0.5) is 8.78 Å². The van der Waals surface area contributed by atoms with Crippen LogP contribution in [0, 0.1) is 0 Å². The first-order valence-corrected chi connectivity index (χ1v) is 5.91. The van der Waals surface area contributed by atoms with E-state index in [1.165, 1.54) is 12.1 Å². The molecule has 1 aliphatic carbocycles. The van der Waals surface area contributed by atoms with Gasteiger partial charge < -0.3 is 10.1 Å². The molecule has 0 aliphatic heterocycles. The summed E-state index contributed by atoms with van der Waals surface area (Å²) < 4.78 is 28.9. The molecular formula is C11H10BrF2NO2. The Morgan fingerprint density at radius 3 is 2.76 bits per heavy atom. The Kier molecular flexibility index (Phi) is 3.61. The summed E-state index contributed by atoms with van der Waals surface area (Å²) in [7, 11) is 0. The second-order valence-corrected chi connectivity index (χ2v) is 4.63. The minimum absolute atomic E-state index is 0.0385. The summed E-state index contributed by atoms with van der Waals surface area (Å²) in [5.74, 6) is -0.303. The van der Waals surface area contributed by atoms with Gasteiger partial charge in [-0.05, 0) is 47.0 Å². The van der Waals surface area contributed by atoms with E-state index in [4.69, 9.17) is 0 Å². The Bertz CT molecular complexity index is 435. The lowest BCUT2D eigenvalue weighted by Crippen LogP contribution is -2.25. The highest BCUT2D eigenvalue weighted by Crippen LogP contribution is 2.28. The number of carbonyl (C=O) groups is 1. The molecule has 1 aromatic rings. The van der Waals surface area contributed by atoms with Gasteiger partial charge in [0.2, 0.25) is 0 Å². The first-order valence-electron chi connectivity index (χ1n) is 5.11. The van der Waals surface area contributed by atoms with Gasteiger partial charge in [0.1, 0.15) is 5.75 Å². The minimum Gasteiger partial charge on any atom is -0.434 e. The number of hydrogen-bond acceptors (Lipinski definition) is 2. The van der Waals surface area contributed by atoms with Gasteiger partial charge in [-0.3, -0.25) is 4.79 Å². The van der Waals surface area contributed by atoms with Crippen molar-refractivity contribution in [2.45, 2.75) is 25.5 Å². The van der Waals surface area contributed by atoms with Crippen LogP contribution in [0.25, 0.3) is 0 Å². The van der Waals surface area contributed by atoms with Gasteiger partial charge >= 0.3 is 6.61 Å². The molecule has 1 amide bonds. The fraction of sp³-hybridized carbons (Fsp3) is 0.364. The maximum absolute atomic E-state index is 12.1. The zero-order valence-electron chi connectivity index (χ0n) is 8.75. The number of ether oxygens (including phenoxy) is 1. The van der Waals surface area contributed by atoms with E-state index >= 15 is 0 Å². The average Bonchev–Trinajstić information content (AvgIpc) is 3.04. The topological polar surface area (TPSA) is 38.3 Å². The molecule has 0 spiro atoms. The Balaban J connectivity index is 2.13. The van der Waals surface area contributed by atoms with Crippen molar-refractivity contribution in [3.05, 3.63) is 28.2 Å². The third-order valence-electron chi connectivity index (χ3n) is 2.32. The van der Waals surface area contributed by atoms with Gasteiger partial charge in [-0.1, -0.05) is 0 Å². The summed E-state index contributed by atoms with van der Waals surface area (Å²) in [6.07, 6.45) is 1.95. The molecule has 0 atom stereocenters. The largest absolute Gasteiger partial charge is 0.434 e. The Morgan fingerprint density at radius 1 is 1.47 bits per heavy atom. The van der Waals surface area contributed by atoms with Crippen molar-refractivity contribution in [3.8, 4) is 5.75 Å². The van der Waals surface area contributed by atoms with Crippen LogP contribution in [0.15, 0.2) is 22.7 Å². The minimum atomic E-state index is -2.91. The number of rotatable bonds is 4. The van der Waals surface area contributed by atoms with Gasteiger partial charge in [0.25, 0.3) is 5.91 Å². The number of benzene rings is 1. The van der Waals surface area contributed by atoms with Crippen LogP contribution >= 0.6 is 15.9 Å². The van der Waals surface area contributed by atoms with Gasteiger partial charge in [-0.2, -0.15) is 8.78 Å². The summed E-state index contributed by atoms with van der Waals surface area (Å²) in [4.78, 5) is 11.7. The highest BCUT2D eigenvalue weighted by molar-refractivity contribution is 9.10. The van der Waals surface area contributed by atoms with E-state index in [9.17, 15) is 13.6 Å². The molecule has 17 heavy (non-hydrogen) atoms. The van der Waals surface area contributed by atoms with E-state index in [-0.39, 0.29) is 17.7 Å². The Hall–Kier alpha value is -1.17. The molecule has 1 N–H and O–H groups in total. The van der Waals surface area contributed by atoms with Crippen molar-refractivity contribution in [2.75, 3.05) is 0 Å². The zero-order valence-corrected chi connectivity index (χ0v) is 10.3. The van der Waals surface area contributed by atoms with Crippen molar-refractivity contribution in [2.24, 2.45) is 0 Å². The molecule has 1 fully saturated rings. The fourth-order valence-electron chi connectivity index (χ4n) is 1.33. The molecule has 0 bridgehead atoms. The molecule has 1 aromatic carbocycles. The number of hydrogen-bond donors (Lipinski definition) is 1. The lowest BCUT2D eigenvalue weighted by molar-refractivity contribution is -0.0504. The van der Waals surface area contributed by atoms with Crippen LogP contribution in [-0.2, 0) is 0 Å². The molecule has 1 aliphatic rings. The van der Waals surface area contributed by atoms with Crippen molar-refractivity contribution >= 4 is 21.8 Å². The molecular weight excluding hydrogens is 296 g/mol.